The number of hydrogen-bond donors (Lipinski definition) is 1. The highest BCUT2D eigenvalue weighted by molar-refractivity contribution is 8.00. The van der Waals surface area contributed by atoms with Crippen LogP contribution >= 0.6 is 11.8 Å². The minimum atomic E-state index is -0.0831. The van der Waals surface area contributed by atoms with E-state index in [1.54, 1.807) is 11.8 Å². The van der Waals surface area contributed by atoms with Gasteiger partial charge in [-0.2, -0.15) is 0 Å². The van der Waals surface area contributed by atoms with E-state index in [-0.39, 0.29) is 23.2 Å². The minimum Gasteiger partial charge on any atom is -0.345 e. The van der Waals surface area contributed by atoms with E-state index in [0.29, 0.717) is 17.9 Å². The van der Waals surface area contributed by atoms with Crippen LogP contribution in [0.3, 0.4) is 0 Å². The van der Waals surface area contributed by atoms with Crippen molar-refractivity contribution in [2.24, 2.45) is 0 Å². The number of nitrogens with zero attached hydrogens (tertiary/aromatic N) is 1. The van der Waals surface area contributed by atoms with Crippen molar-refractivity contribution in [3.05, 3.63) is 107 Å². The highest BCUT2D eigenvalue weighted by atomic mass is 32.2. The summed E-state index contributed by atoms with van der Waals surface area (Å²) in [4.78, 5) is 27.3. The van der Waals surface area contributed by atoms with Crippen LogP contribution in [-0.2, 0) is 11.3 Å². The number of aryl methyl sites for hydroxylation is 1. The van der Waals surface area contributed by atoms with Crippen LogP contribution in [0.1, 0.15) is 57.4 Å². The van der Waals surface area contributed by atoms with E-state index < -0.39 is 0 Å². The van der Waals surface area contributed by atoms with E-state index in [1.165, 1.54) is 5.56 Å². The van der Waals surface area contributed by atoms with Crippen LogP contribution in [0.4, 0.5) is 0 Å². The van der Waals surface area contributed by atoms with Gasteiger partial charge in [0.05, 0.1) is 11.8 Å². The molecule has 3 aromatic carbocycles. The van der Waals surface area contributed by atoms with E-state index in [1.807, 2.05) is 59.5 Å². The van der Waals surface area contributed by atoms with Crippen LogP contribution in [-0.4, -0.2) is 22.5 Å². The molecule has 0 spiro atoms. The molecule has 1 heterocycles. The third-order valence-electron chi connectivity index (χ3n) is 5.82. The molecule has 2 atom stereocenters. The van der Waals surface area contributed by atoms with Gasteiger partial charge in [-0.15, -0.1) is 11.8 Å². The van der Waals surface area contributed by atoms with Crippen LogP contribution in [0, 0.1) is 6.92 Å². The molecule has 0 saturated carbocycles. The summed E-state index contributed by atoms with van der Waals surface area (Å²) in [6.07, 6.45) is 0.822. The maximum absolute atomic E-state index is 12.9. The Kier molecular flexibility index (Phi) is 6.96. The summed E-state index contributed by atoms with van der Waals surface area (Å²) in [6.45, 7) is 4.72. The second kappa shape index (κ2) is 10.0. The number of hydrogen-bond acceptors (Lipinski definition) is 3. The van der Waals surface area contributed by atoms with Crippen LogP contribution in [0.15, 0.2) is 78.9 Å². The van der Waals surface area contributed by atoms with Crippen molar-refractivity contribution in [3.63, 3.8) is 0 Å². The number of thioether (sulfide) groups is 1. The summed E-state index contributed by atoms with van der Waals surface area (Å²) < 4.78 is 0. The zero-order chi connectivity index (χ0) is 22.5. The summed E-state index contributed by atoms with van der Waals surface area (Å²) in [7, 11) is 0. The van der Waals surface area contributed by atoms with Gasteiger partial charge in [-0.05, 0) is 42.2 Å². The molecule has 1 saturated heterocycles. The zero-order valence-electron chi connectivity index (χ0n) is 18.5. The Morgan fingerprint density at radius 1 is 1.03 bits per heavy atom. The van der Waals surface area contributed by atoms with Gasteiger partial charge in [-0.25, -0.2) is 0 Å². The quantitative estimate of drug-likeness (QED) is 0.512. The average Bonchev–Trinajstić information content (AvgIpc) is 3.18. The van der Waals surface area contributed by atoms with E-state index in [9.17, 15) is 9.59 Å². The number of carbonyl (C=O) groups excluding carboxylic acids is 2. The number of benzene rings is 3. The van der Waals surface area contributed by atoms with Crippen molar-refractivity contribution in [2.45, 2.75) is 38.2 Å². The lowest BCUT2D eigenvalue weighted by atomic mass is 10.0. The van der Waals surface area contributed by atoms with Gasteiger partial charge in [0, 0.05) is 12.1 Å². The Hall–Kier alpha value is -3.05. The molecule has 0 aliphatic carbocycles. The number of rotatable bonds is 7. The van der Waals surface area contributed by atoms with Crippen LogP contribution < -0.4 is 5.32 Å². The molecule has 0 bridgehead atoms. The lowest BCUT2D eigenvalue weighted by Gasteiger charge is -2.24. The van der Waals surface area contributed by atoms with Gasteiger partial charge in [-0.3, -0.25) is 9.59 Å². The van der Waals surface area contributed by atoms with Gasteiger partial charge in [0.25, 0.3) is 5.91 Å². The fourth-order valence-corrected chi connectivity index (χ4v) is 5.13. The summed E-state index contributed by atoms with van der Waals surface area (Å²) in [5.41, 5.74) is 5.10. The predicted molar refractivity (Wildman–Crippen MR) is 130 cm³/mol. The van der Waals surface area contributed by atoms with E-state index >= 15 is 0 Å². The van der Waals surface area contributed by atoms with Gasteiger partial charge in [0.15, 0.2) is 0 Å². The third kappa shape index (κ3) is 5.05. The summed E-state index contributed by atoms with van der Waals surface area (Å²) in [5.74, 6) is 0.545. The predicted octanol–water partition coefficient (Wildman–Crippen LogP) is 5.65. The number of carbonyl (C=O) groups is 2. The van der Waals surface area contributed by atoms with E-state index in [4.69, 9.17) is 0 Å². The first-order chi connectivity index (χ1) is 15.5. The molecule has 3 aromatic rings. The van der Waals surface area contributed by atoms with E-state index in [2.05, 4.69) is 43.4 Å². The van der Waals surface area contributed by atoms with Crippen LogP contribution in [0.2, 0.25) is 0 Å². The van der Waals surface area contributed by atoms with Crippen molar-refractivity contribution >= 4 is 23.6 Å². The molecule has 32 heavy (non-hydrogen) atoms. The lowest BCUT2D eigenvalue weighted by Crippen LogP contribution is -2.28. The smallest absolute Gasteiger partial charge is 0.251 e. The molecule has 2 amide bonds. The van der Waals surface area contributed by atoms with E-state index in [0.717, 1.165) is 23.1 Å². The summed E-state index contributed by atoms with van der Waals surface area (Å²) in [5, 5.41) is 3.12. The van der Waals surface area contributed by atoms with Crippen LogP contribution in [0.5, 0.6) is 0 Å². The molecule has 0 aromatic heterocycles. The molecular formula is C27H28N2O2S. The van der Waals surface area contributed by atoms with Crippen molar-refractivity contribution in [3.8, 4) is 0 Å². The third-order valence-corrected chi connectivity index (χ3v) is 7.07. The zero-order valence-corrected chi connectivity index (χ0v) is 19.3. The highest BCUT2D eigenvalue weighted by Gasteiger charge is 2.32. The van der Waals surface area contributed by atoms with Crippen molar-refractivity contribution in [1.82, 2.24) is 10.2 Å². The Bertz CT molecular complexity index is 1070. The second-order valence-electron chi connectivity index (χ2n) is 8.14. The topological polar surface area (TPSA) is 49.4 Å². The molecule has 1 N–H and O–H groups in total. The van der Waals surface area contributed by atoms with Crippen molar-refractivity contribution in [1.29, 1.82) is 0 Å². The Labute approximate surface area is 194 Å². The summed E-state index contributed by atoms with van der Waals surface area (Å²) in [6, 6.07) is 26.0. The molecule has 0 unspecified atom stereocenters. The minimum absolute atomic E-state index is 0.0212. The largest absolute Gasteiger partial charge is 0.345 e. The molecule has 4 nitrogen and oxygen atoms in total. The van der Waals surface area contributed by atoms with Gasteiger partial charge in [-0.1, -0.05) is 79.2 Å². The first-order valence-electron chi connectivity index (χ1n) is 11.0. The van der Waals surface area contributed by atoms with Crippen molar-refractivity contribution < 1.29 is 9.59 Å². The molecule has 4 rings (SSSR count). The molecule has 1 aliphatic rings. The maximum Gasteiger partial charge on any atom is 0.251 e. The van der Waals surface area contributed by atoms with Gasteiger partial charge < -0.3 is 10.2 Å². The molecule has 0 radical (unpaired) electrons. The lowest BCUT2D eigenvalue weighted by molar-refractivity contribution is -0.128. The van der Waals surface area contributed by atoms with Gasteiger partial charge in [0.1, 0.15) is 5.37 Å². The first kappa shape index (κ1) is 22.2. The Morgan fingerprint density at radius 2 is 1.72 bits per heavy atom. The molecule has 1 aliphatic heterocycles. The first-order valence-corrected chi connectivity index (χ1v) is 12.0. The van der Waals surface area contributed by atoms with Crippen molar-refractivity contribution in [2.75, 3.05) is 5.75 Å². The second-order valence-corrected chi connectivity index (χ2v) is 9.21. The van der Waals surface area contributed by atoms with Crippen LogP contribution in [0.25, 0.3) is 0 Å². The molecular weight excluding hydrogens is 416 g/mol. The molecule has 1 fully saturated rings. The molecule has 164 valence electrons. The molecule has 5 heteroatoms. The van der Waals surface area contributed by atoms with Gasteiger partial charge >= 0.3 is 0 Å². The summed E-state index contributed by atoms with van der Waals surface area (Å²) >= 11 is 1.63. The average molecular weight is 445 g/mol. The monoisotopic (exact) mass is 444 g/mol. The highest BCUT2D eigenvalue weighted by Crippen LogP contribution is 2.39. The maximum atomic E-state index is 12.9. The fourth-order valence-electron chi connectivity index (χ4n) is 3.94. The number of nitrogens with one attached hydrogen (secondary N) is 1. The Balaban J connectivity index is 1.45. The standard InChI is InChI=1S/C27H28N2O2S/c1-3-24(21-11-9-19(2)10-12-21)28-26(31)22-13-15-23(16-14-22)27-29(25(30)18-32-27)17-20-7-5-4-6-8-20/h4-16,24,27H,3,17-18H2,1-2H3,(H,28,31)/t24-,27-/m1/s1. The number of amides is 2. The SMILES string of the molecule is CC[C@@H](NC(=O)c1ccc([C@H]2SCC(=O)N2Cc2ccccc2)cc1)c1ccc(C)cc1. The normalized spacial score (nSPS) is 16.8. The Morgan fingerprint density at radius 3 is 2.38 bits per heavy atom. The fraction of sp³-hybridized carbons (Fsp3) is 0.259. The van der Waals surface area contributed by atoms with Gasteiger partial charge in [0.2, 0.25) is 5.91 Å².